The largest absolute Gasteiger partial charge is 0.378 e. The van der Waals surface area contributed by atoms with Crippen LogP contribution in [0.5, 0.6) is 0 Å². The SMILES string of the molecule is CN(C)c1cccc(C(=O)NC2(c3ccccc3F)CCCC2)c1. The van der Waals surface area contributed by atoms with Crippen LogP contribution >= 0.6 is 0 Å². The van der Waals surface area contributed by atoms with Crippen molar-refractivity contribution in [3.8, 4) is 0 Å². The molecule has 1 amide bonds. The summed E-state index contributed by atoms with van der Waals surface area (Å²) in [7, 11) is 3.88. The van der Waals surface area contributed by atoms with E-state index in [9.17, 15) is 9.18 Å². The van der Waals surface area contributed by atoms with Gasteiger partial charge in [-0.2, -0.15) is 0 Å². The molecule has 4 heteroatoms. The third-order valence-corrected chi connectivity index (χ3v) is 4.82. The van der Waals surface area contributed by atoms with E-state index in [-0.39, 0.29) is 11.7 Å². The first-order chi connectivity index (χ1) is 11.5. The van der Waals surface area contributed by atoms with Crippen LogP contribution in [0.4, 0.5) is 10.1 Å². The standard InChI is InChI=1S/C20H23FN2O/c1-23(2)16-9-7-8-15(14-16)19(24)22-20(12-5-6-13-20)17-10-3-4-11-18(17)21/h3-4,7-11,14H,5-6,12-13H2,1-2H3,(H,22,24). The predicted molar refractivity (Wildman–Crippen MR) is 94.8 cm³/mol. The van der Waals surface area contributed by atoms with Gasteiger partial charge in [0.25, 0.3) is 5.91 Å². The van der Waals surface area contributed by atoms with Crippen LogP contribution in [0, 0.1) is 5.82 Å². The first-order valence-electron chi connectivity index (χ1n) is 8.37. The molecule has 0 saturated heterocycles. The maximum absolute atomic E-state index is 14.4. The van der Waals surface area contributed by atoms with Crippen molar-refractivity contribution in [2.45, 2.75) is 31.2 Å². The molecule has 0 radical (unpaired) electrons. The summed E-state index contributed by atoms with van der Waals surface area (Å²) in [5, 5.41) is 3.13. The van der Waals surface area contributed by atoms with Crippen molar-refractivity contribution >= 4 is 11.6 Å². The molecule has 2 aromatic rings. The number of rotatable bonds is 4. The lowest BCUT2D eigenvalue weighted by Gasteiger charge is -2.31. The average molecular weight is 326 g/mol. The number of hydrogen-bond acceptors (Lipinski definition) is 2. The van der Waals surface area contributed by atoms with Gasteiger partial charge < -0.3 is 10.2 Å². The number of anilines is 1. The summed E-state index contributed by atoms with van der Waals surface area (Å²) in [6.45, 7) is 0. The monoisotopic (exact) mass is 326 g/mol. The normalized spacial score (nSPS) is 16.0. The van der Waals surface area contributed by atoms with E-state index < -0.39 is 5.54 Å². The van der Waals surface area contributed by atoms with Crippen molar-refractivity contribution < 1.29 is 9.18 Å². The van der Waals surface area contributed by atoms with Crippen molar-refractivity contribution in [2.75, 3.05) is 19.0 Å². The zero-order chi connectivity index (χ0) is 17.2. The summed E-state index contributed by atoms with van der Waals surface area (Å²) in [6.07, 6.45) is 3.53. The van der Waals surface area contributed by atoms with Gasteiger partial charge in [0.05, 0.1) is 5.54 Å². The molecule has 0 aromatic heterocycles. The van der Waals surface area contributed by atoms with Gasteiger partial charge >= 0.3 is 0 Å². The summed E-state index contributed by atoms with van der Waals surface area (Å²) >= 11 is 0. The fraction of sp³-hybridized carbons (Fsp3) is 0.350. The number of halogens is 1. The number of amides is 1. The van der Waals surface area contributed by atoms with Gasteiger partial charge in [-0.3, -0.25) is 4.79 Å². The van der Waals surface area contributed by atoms with Gasteiger partial charge in [-0.05, 0) is 37.1 Å². The van der Waals surface area contributed by atoms with E-state index in [1.807, 2.05) is 43.3 Å². The highest BCUT2D eigenvalue weighted by Crippen LogP contribution is 2.40. The highest BCUT2D eigenvalue weighted by Gasteiger charge is 2.39. The first-order valence-corrected chi connectivity index (χ1v) is 8.37. The molecular weight excluding hydrogens is 303 g/mol. The lowest BCUT2D eigenvalue weighted by molar-refractivity contribution is 0.0896. The van der Waals surface area contributed by atoms with Gasteiger partial charge in [-0.1, -0.05) is 37.1 Å². The number of benzene rings is 2. The average Bonchev–Trinajstić information content (AvgIpc) is 3.04. The third kappa shape index (κ3) is 3.14. The van der Waals surface area contributed by atoms with E-state index in [0.717, 1.165) is 31.4 Å². The van der Waals surface area contributed by atoms with Gasteiger partial charge in [0.1, 0.15) is 5.82 Å². The number of nitrogens with one attached hydrogen (secondary N) is 1. The van der Waals surface area contributed by atoms with E-state index in [0.29, 0.717) is 11.1 Å². The molecule has 1 saturated carbocycles. The maximum atomic E-state index is 14.4. The predicted octanol–water partition coefficient (Wildman–Crippen LogP) is 4.09. The molecule has 1 aliphatic carbocycles. The van der Waals surface area contributed by atoms with E-state index in [1.54, 1.807) is 18.2 Å². The lowest BCUT2D eigenvalue weighted by Crippen LogP contribution is -2.44. The molecule has 1 fully saturated rings. The molecule has 0 atom stereocenters. The summed E-state index contributed by atoms with van der Waals surface area (Å²) in [4.78, 5) is 14.8. The molecule has 0 spiro atoms. The van der Waals surface area contributed by atoms with Crippen LogP contribution in [0.2, 0.25) is 0 Å². The Morgan fingerprint density at radius 2 is 1.79 bits per heavy atom. The number of carbonyl (C=O) groups is 1. The van der Waals surface area contributed by atoms with E-state index >= 15 is 0 Å². The zero-order valence-electron chi connectivity index (χ0n) is 14.2. The van der Waals surface area contributed by atoms with Gasteiger partial charge in [0.15, 0.2) is 0 Å². The van der Waals surface area contributed by atoms with Gasteiger partial charge in [-0.15, -0.1) is 0 Å². The second kappa shape index (κ2) is 6.63. The van der Waals surface area contributed by atoms with Gasteiger partial charge in [0.2, 0.25) is 0 Å². The molecule has 3 nitrogen and oxygen atoms in total. The Balaban J connectivity index is 1.91. The molecule has 3 rings (SSSR count). The maximum Gasteiger partial charge on any atom is 0.252 e. The first kappa shape index (κ1) is 16.5. The molecule has 1 aliphatic rings. The lowest BCUT2D eigenvalue weighted by atomic mass is 9.87. The quantitative estimate of drug-likeness (QED) is 0.918. The highest BCUT2D eigenvalue weighted by atomic mass is 19.1. The molecule has 0 aliphatic heterocycles. The van der Waals surface area contributed by atoms with E-state index in [4.69, 9.17) is 0 Å². The minimum atomic E-state index is -0.601. The zero-order valence-corrected chi connectivity index (χ0v) is 14.2. The smallest absolute Gasteiger partial charge is 0.252 e. The molecule has 0 heterocycles. The van der Waals surface area contributed by atoms with Crippen molar-refractivity contribution in [3.05, 3.63) is 65.5 Å². The van der Waals surface area contributed by atoms with Gasteiger partial charge in [-0.25, -0.2) is 4.39 Å². The molecule has 24 heavy (non-hydrogen) atoms. The number of nitrogens with zero attached hydrogens (tertiary/aromatic N) is 1. The van der Waals surface area contributed by atoms with Crippen LogP contribution in [0.3, 0.4) is 0 Å². The Morgan fingerprint density at radius 3 is 2.46 bits per heavy atom. The summed E-state index contributed by atoms with van der Waals surface area (Å²) < 4.78 is 14.4. The number of hydrogen-bond donors (Lipinski definition) is 1. The van der Waals surface area contributed by atoms with Crippen LogP contribution in [-0.4, -0.2) is 20.0 Å². The van der Waals surface area contributed by atoms with E-state index in [1.165, 1.54) is 6.07 Å². The summed E-state index contributed by atoms with van der Waals surface area (Å²) in [5.41, 5.74) is 1.56. The second-order valence-electron chi connectivity index (χ2n) is 6.67. The van der Waals surface area contributed by atoms with Crippen molar-refractivity contribution in [3.63, 3.8) is 0 Å². The fourth-order valence-electron chi connectivity index (χ4n) is 3.50. The summed E-state index contributed by atoms with van der Waals surface area (Å²) in [6, 6.07) is 14.3. The minimum Gasteiger partial charge on any atom is -0.378 e. The van der Waals surface area contributed by atoms with Crippen LogP contribution in [0.15, 0.2) is 48.5 Å². The molecule has 126 valence electrons. The Morgan fingerprint density at radius 1 is 1.08 bits per heavy atom. The molecule has 1 N–H and O–H groups in total. The van der Waals surface area contributed by atoms with Crippen molar-refractivity contribution in [1.82, 2.24) is 5.32 Å². The van der Waals surface area contributed by atoms with Crippen LogP contribution < -0.4 is 10.2 Å². The Bertz CT molecular complexity index is 736. The van der Waals surface area contributed by atoms with Crippen molar-refractivity contribution in [2.24, 2.45) is 0 Å². The Labute approximate surface area is 142 Å². The fourth-order valence-corrected chi connectivity index (χ4v) is 3.50. The Kier molecular flexibility index (Phi) is 4.56. The second-order valence-corrected chi connectivity index (χ2v) is 6.67. The Hall–Kier alpha value is -2.36. The topological polar surface area (TPSA) is 32.3 Å². The molecule has 2 aromatic carbocycles. The molecule has 0 unspecified atom stereocenters. The summed E-state index contributed by atoms with van der Waals surface area (Å²) in [5.74, 6) is -0.398. The van der Waals surface area contributed by atoms with Crippen LogP contribution in [0.25, 0.3) is 0 Å². The van der Waals surface area contributed by atoms with Gasteiger partial charge in [0, 0.05) is 30.9 Å². The van der Waals surface area contributed by atoms with Crippen molar-refractivity contribution in [1.29, 1.82) is 0 Å². The minimum absolute atomic E-state index is 0.149. The molecule has 0 bridgehead atoms. The van der Waals surface area contributed by atoms with Crippen LogP contribution in [-0.2, 0) is 5.54 Å². The highest BCUT2D eigenvalue weighted by molar-refractivity contribution is 5.95. The third-order valence-electron chi connectivity index (χ3n) is 4.82. The number of carbonyl (C=O) groups excluding carboxylic acids is 1. The molecular formula is C20H23FN2O. The van der Waals surface area contributed by atoms with Crippen LogP contribution in [0.1, 0.15) is 41.6 Å². The van der Waals surface area contributed by atoms with E-state index in [2.05, 4.69) is 5.32 Å².